The predicted octanol–water partition coefficient (Wildman–Crippen LogP) is 1.97. The summed E-state index contributed by atoms with van der Waals surface area (Å²) in [5, 5.41) is 14.2. The molecule has 0 aliphatic heterocycles. The highest BCUT2D eigenvalue weighted by Gasteiger charge is 2.03. The van der Waals surface area contributed by atoms with Crippen molar-refractivity contribution >= 4 is 23.4 Å². The van der Waals surface area contributed by atoms with Crippen LogP contribution in [0.3, 0.4) is 0 Å². The molecular weight excluding hydrogens is 210 g/mol. The Balaban J connectivity index is 2.72. The molecule has 1 aromatic rings. The summed E-state index contributed by atoms with van der Waals surface area (Å²) in [6.45, 7) is 1.81. The second-order valence-corrected chi connectivity index (χ2v) is 2.99. The second kappa shape index (κ2) is 5.59. The maximum absolute atomic E-state index is 10.4. The Morgan fingerprint density at radius 1 is 1.50 bits per heavy atom. The van der Waals surface area contributed by atoms with E-state index in [0.717, 1.165) is 0 Å². The molecule has 0 saturated heterocycles. The molecule has 6 nitrogen and oxygen atoms in total. The molecule has 0 amide bonds. The van der Waals surface area contributed by atoms with Crippen LogP contribution >= 0.6 is 0 Å². The van der Waals surface area contributed by atoms with Crippen LogP contribution in [-0.4, -0.2) is 16.9 Å². The van der Waals surface area contributed by atoms with Crippen molar-refractivity contribution in [3.05, 3.63) is 34.4 Å². The number of non-ortho nitro benzene ring substituents is 1. The molecule has 0 heterocycles. The number of carbonyl (C=O) groups excluding carboxylic acids is 1. The summed E-state index contributed by atoms with van der Waals surface area (Å²) in [6, 6.07) is 5.79. The minimum Gasteiger partial charge on any atom is -0.296 e. The number of anilines is 1. The van der Waals surface area contributed by atoms with Crippen molar-refractivity contribution in [3.63, 3.8) is 0 Å². The molecule has 0 aliphatic carbocycles. The zero-order chi connectivity index (χ0) is 12.0. The Morgan fingerprint density at radius 3 is 2.56 bits per heavy atom. The first-order valence-corrected chi connectivity index (χ1v) is 4.69. The second-order valence-electron chi connectivity index (χ2n) is 2.99. The van der Waals surface area contributed by atoms with E-state index < -0.39 is 4.92 Å². The van der Waals surface area contributed by atoms with Gasteiger partial charge in [0.15, 0.2) is 6.29 Å². The summed E-state index contributed by atoms with van der Waals surface area (Å²) < 4.78 is 0. The van der Waals surface area contributed by atoms with E-state index in [4.69, 9.17) is 0 Å². The lowest BCUT2D eigenvalue weighted by Gasteiger charge is -2.00. The standard InChI is InChI=1S/C10H11N3O3/c1-2-8(7-14)11-12-9-3-5-10(6-4-9)13(15)16/h3-7,12H,2H2,1H3/b11-8-. The molecule has 0 fully saturated rings. The number of hydrogen-bond acceptors (Lipinski definition) is 5. The zero-order valence-electron chi connectivity index (χ0n) is 8.71. The van der Waals surface area contributed by atoms with Gasteiger partial charge in [0.25, 0.3) is 5.69 Å². The number of nitrogens with one attached hydrogen (secondary N) is 1. The normalized spacial score (nSPS) is 10.9. The molecule has 0 atom stereocenters. The average Bonchev–Trinajstić information content (AvgIpc) is 2.31. The highest BCUT2D eigenvalue weighted by atomic mass is 16.6. The molecular formula is C10H11N3O3. The molecule has 1 aromatic carbocycles. The van der Waals surface area contributed by atoms with Gasteiger partial charge in [0, 0.05) is 12.1 Å². The summed E-state index contributed by atoms with van der Waals surface area (Å²) in [5.41, 5.74) is 3.64. The first-order valence-electron chi connectivity index (χ1n) is 4.69. The Bertz CT molecular complexity index is 412. The van der Waals surface area contributed by atoms with Gasteiger partial charge in [-0.05, 0) is 18.6 Å². The lowest BCUT2D eigenvalue weighted by atomic mass is 10.3. The molecule has 0 spiro atoms. The highest BCUT2D eigenvalue weighted by Crippen LogP contribution is 2.15. The quantitative estimate of drug-likeness (QED) is 0.356. The van der Waals surface area contributed by atoms with Crippen LogP contribution in [0.15, 0.2) is 29.4 Å². The van der Waals surface area contributed by atoms with E-state index in [9.17, 15) is 14.9 Å². The number of aldehydes is 1. The van der Waals surface area contributed by atoms with Crippen LogP contribution in [0.25, 0.3) is 0 Å². The van der Waals surface area contributed by atoms with Crippen molar-refractivity contribution in [2.24, 2.45) is 5.10 Å². The Kier molecular flexibility index (Phi) is 4.14. The van der Waals surface area contributed by atoms with Crippen molar-refractivity contribution in [2.45, 2.75) is 13.3 Å². The Morgan fingerprint density at radius 2 is 2.12 bits per heavy atom. The number of benzene rings is 1. The van der Waals surface area contributed by atoms with Gasteiger partial charge < -0.3 is 0 Å². The first kappa shape index (κ1) is 11.8. The van der Waals surface area contributed by atoms with E-state index in [2.05, 4.69) is 10.5 Å². The molecule has 6 heteroatoms. The molecule has 0 unspecified atom stereocenters. The van der Waals surface area contributed by atoms with E-state index >= 15 is 0 Å². The van der Waals surface area contributed by atoms with E-state index in [1.165, 1.54) is 24.3 Å². The summed E-state index contributed by atoms with van der Waals surface area (Å²) in [4.78, 5) is 20.3. The van der Waals surface area contributed by atoms with Gasteiger partial charge in [-0.2, -0.15) is 5.10 Å². The van der Waals surface area contributed by atoms with Gasteiger partial charge in [-0.1, -0.05) is 6.92 Å². The topological polar surface area (TPSA) is 84.6 Å². The van der Waals surface area contributed by atoms with Gasteiger partial charge in [0.05, 0.1) is 10.6 Å². The minimum atomic E-state index is -0.476. The van der Waals surface area contributed by atoms with E-state index in [1.54, 1.807) is 0 Å². The summed E-state index contributed by atoms with van der Waals surface area (Å²) >= 11 is 0. The fourth-order valence-corrected chi connectivity index (χ4v) is 0.983. The van der Waals surface area contributed by atoms with Gasteiger partial charge in [-0.15, -0.1) is 0 Å². The third-order valence-electron chi connectivity index (χ3n) is 1.91. The van der Waals surface area contributed by atoms with Gasteiger partial charge >= 0.3 is 0 Å². The molecule has 0 aromatic heterocycles. The van der Waals surface area contributed by atoms with Crippen LogP contribution in [-0.2, 0) is 4.79 Å². The first-order chi connectivity index (χ1) is 7.67. The molecule has 0 radical (unpaired) electrons. The predicted molar refractivity (Wildman–Crippen MR) is 60.5 cm³/mol. The third kappa shape index (κ3) is 3.16. The Labute approximate surface area is 92.1 Å². The van der Waals surface area contributed by atoms with Crippen molar-refractivity contribution in [2.75, 3.05) is 5.43 Å². The number of nitro benzene ring substituents is 1. The average molecular weight is 221 g/mol. The number of carbonyl (C=O) groups is 1. The van der Waals surface area contributed by atoms with E-state index in [1.807, 2.05) is 6.92 Å². The SMILES string of the molecule is CC/C(C=O)=N/Nc1ccc([N+](=O)[O-])cc1. The van der Waals surface area contributed by atoms with Crippen LogP contribution in [0.1, 0.15) is 13.3 Å². The van der Waals surface area contributed by atoms with Crippen molar-refractivity contribution in [3.8, 4) is 0 Å². The summed E-state index contributed by atoms with van der Waals surface area (Å²) in [7, 11) is 0. The van der Waals surface area contributed by atoms with Crippen molar-refractivity contribution < 1.29 is 9.72 Å². The largest absolute Gasteiger partial charge is 0.296 e. The van der Waals surface area contributed by atoms with Crippen LogP contribution in [0, 0.1) is 10.1 Å². The zero-order valence-corrected chi connectivity index (χ0v) is 8.71. The summed E-state index contributed by atoms with van der Waals surface area (Å²) in [6.07, 6.45) is 1.20. The molecule has 1 rings (SSSR count). The van der Waals surface area contributed by atoms with Crippen LogP contribution in [0.5, 0.6) is 0 Å². The maximum atomic E-state index is 10.4. The van der Waals surface area contributed by atoms with E-state index in [0.29, 0.717) is 24.1 Å². The minimum absolute atomic E-state index is 0.0145. The molecule has 1 N–H and O–H groups in total. The van der Waals surface area contributed by atoms with Crippen LogP contribution < -0.4 is 5.43 Å². The number of hydrazone groups is 1. The monoisotopic (exact) mass is 221 g/mol. The lowest BCUT2D eigenvalue weighted by Crippen LogP contribution is -2.01. The molecule has 0 saturated carbocycles. The van der Waals surface area contributed by atoms with Crippen molar-refractivity contribution in [1.29, 1.82) is 0 Å². The number of rotatable bonds is 5. The molecule has 84 valence electrons. The maximum Gasteiger partial charge on any atom is 0.269 e. The Hall–Kier alpha value is -2.24. The van der Waals surface area contributed by atoms with Gasteiger partial charge in [0.1, 0.15) is 5.71 Å². The van der Waals surface area contributed by atoms with E-state index in [-0.39, 0.29) is 5.69 Å². The fourth-order valence-electron chi connectivity index (χ4n) is 0.983. The number of nitrogens with zero attached hydrogens (tertiary/aromatic N) is 2. The summed E-state index contributed by atoms with van der Waals surface area (Å²) in [5.74, 6) is 0. The number of nitro groups is 1. The van der Waals surface area contributed by atoms with Crippen LogP contribution in [0.2, 0.25) is 0 Å². The smallest absolute Gasteiger partial charge is 0.269 e. The molecule has 0 aliphatic rings. The number of hydrogen-bond donors (Lipinski definition) is 1. The third-order valence-corrected chi connectivity index (χ3v) is 1.91. The van der Waals surface area contributed by atoms with Gasteiger partial charge in [0.2, 0.25) is 0 Å². The van der Waals surface area contributed by atoms with Crippen LogP contribution in [0.4, 0.5) is 11.4 Å². The molecule has 0 bridgehead atoms. The van der Waals surface area contributed by atoms with Gasteiger partial charge in [-0.25, -0.2) is 0 Å². The lowest BCUT2D eigenvalue weighted by molar-refractivity contribution is -0.384. The molecule has 16 heavy (non-hydrogen) atoms. The van der Waals surface area contributed by atoms with Gasteiger partial charge in [-0.3, -0.25) is 20.3 Å². The highest BCUT2D eigenvalue weighted by molar-refractivity contribution is 6.28. The fraction of sp³-hybridized carbons (Fsp3) is 0.200. The van der Waals surface area contributed by atoms with Crippen molar-refractivity contribution in [1.82, 2.24) is 0 Å².